The molecule has 1 N–H and O–H groups in total. The number of aromatic nitrogens is 2. The number of hydrogen-bond donors (Lipinski definition) is 1. The highest BCUT2D eigenvalue weighted by molar-refractivity contribution is 5.41. The summed E-state index contributed by atoms with van der Waals surface area (Å²) in [6, 6.07) is 11.2. The lowest BCUT2D eigenvalue weighted by atomic mass is 10.0. The maximum absolute atomic E-state index is 4.57. The summed E-state index contributed by atoms with van der Waals surface area (Å²) in [5.74, 6) is 1.66. The quantitative estimate of drug-likeness (QED) is 0.916. The van der Waals surface area contributed by atoms with Crippen LogP contribution in [-0.2, 0) is 6.54 Å². The molecule has 2 aromatic rings. The average molecular weight is 325 g/mol. The molecule has 24 heavy (non-hydrogen) atoms. The van der Waals surface area contributed by atoms with E-state index in [1.165, 1.54) is 30.5 Å². The molecule has 128 valence electrons. The van der Waals surface area contributed by atoms with Crippen molar-refractivity contribution in [3.05, 3.63) is 47.7 Å². The van der Waals surface area contributed by atoms with Gasteiger partial charge in [0.25, 0.3) is 0 Å². The molecule has 1 unspecified atom stereocenters. The van der Waals surface area contributed by atoms with Gasteiger partial charge in [0.2, 0.25) is 5.95 Å². The van der Waals surface area contributed by atoms with E-state index in [0.29, 0.717) is 6.04 Å². The molecule has 5 nitrogen and oxygen atoms in total. The first-order chi connectivity index (χ1) is 11.6. The molecular formula is C19H27N5. The van der Waals surface area contributed by atoms with Crippen molar-refractivity contribution in [2.75, 3.05) is 37.4 Å². The molecule has 3 rings (SSSR count). The average Bonchev–Trinajstić information content (AvgIpc) is 2.55. The molecule has 5 heteroatoms. The van der Waals surface area contributed by atoms with Crippen LogP contribution in [0.5, 0.6) is 0 Å². The zero-order chi connectivity index (χ0) is 16.9. The number of anilines is 2. The highest BCUT2D eigenvalue weighted by Gasteiger charge is 2.20. The molecule has 0 radical (unpaired) electrons. The summed E-state index contributed by atoms with van der Waals surface area (Å²) >= 11 is 0. The van der Waals surface area contributed by atoms with Crippen LogP contribution in [0, 0.1) is 6.92 Å². The molecule has 0 spiro atoms. The number of likely N-dealkylation sites (tertiary alicyclic amines) is 1. The summed E-state index contributed by atoms with van der Waals surface area (Å²) in [5.41, 5.74) is 2.73. The van der Waals surface area contributed by atoms with Crippen molar-refractivity contribution in [3.8, 4) is 0 Å². The predicted octanol–water partition coefficient (Wildman–Crippen LogP) is 2.93. The topological polar surface area (TPSA) is 44.3 Å². The van der Waals surface area contributed by atoms with Crippen molar-refractivity contribution in [1.82, 2.24) is 14.9 Å². The van der Waals surface area contributed by atoms with Crippen molar-refractivity contribution in [1.29, 1.82) is 0 Å². The lowest BCUT2D eigenvalue weighted by molar-refractivity contribution is 0.208. The Morgan fingerprint density at radius 2 is 2.17 bits per heavy atom. The van der Waals surface area contributed by atoms with Gasteiger partial charge in [0.1, 0.15) is 5.82 Å². The van der Waals surface area contributed by atoms with E-state index < -0.39 is 0 Å². The van der Waals surface area contributed by atoms with Gasteiger partial charge in [0, 0.05) is 39.4 Å². The number of nitrogens with one attached hydrogen (secondary N) is 1. The van der Waals surface area contributed by atoms with Crippen LogP contribution < -0.4 is 10.2 Å². The van der Waals surface area contributed by atoms with E-state index in [1.807, 2.05) is 31.3 Å². The zero-order valence-corrected chi connectivity index (χ0v) is 14.9. The van der Waals surface area contributed by atoms with Crippen molar-refractivity contribution in [2.24, 2.45) is 0 Å². The Balaban J connectivity index is 1.60. The molecule has 0 bridgehead atoms. The third-order valence-corrected chi connectivity index (χ3v) is 4.39. The molecule has 1 aromatic heterocycles. The Hall–Kier alpha value is -2.14. The molecular weight excluding hydrogens is 298 g/mol. The lowest BCUT2D eigenvalue weighted by Gasteiger charge is -2.33. The number of nitrogens with zero attached hydrogens (tertiary/aromatic N) is 4. The Morgan fingerprint density at radius 1 is 1.29 bits per heavy atom. The van der Waals surface area contributed by atoms with E-state index in [1.54, 1.807) is 0 Å². The van der Waals surface area contributed by atoms with Crippen molar-refractivity contribution in [2.45, 2.75) is 32.4 Å². The first-order valence-electron chi connectivity index (χ1n) is 8.65. The van der Waals surface area contributed by atoms with Crippen LogP contribution >= 0.6 is 0 Å². The van der Waals surface area contributed by atoms with Gasteiger partial charge >= 0.3 is 0 Å². The van der Waals surface area contributed by atoms with Gasteiger partial charge in [0.05, 0.1) is 0 Å². The molecule has 1 aliphatic heterocycles. The maximum atomic E-state index is 4.57. The Kier molecular flexibility index (Phi) is 5.30. The van der Waals surface area contributed by atoms with Crippen LogP contribution in [0.3, 0.4) is 0 Å². The number of hydrogen-bond acceptors (Lipinski definition) is 5. The van der Waals surface area contributed by atoms with Crippen LogP contribution in [0.2, 0.25) is 0 Å². The van der Waals surface area contributed by atoms with Gasteiger partial charge in [-0.1, -0.05) is 29.8 Å². The fourth-order valence-electron chi connectivity index (χ4n) is 3.24. The fraction of sp³-hybridized carbons (Fsp3) is 0.474. The molecule has 2 heterocycles. The van der Waals surface area contributed by atoms with Crippen LogP contribution in [0.1, 0.15) is 24.0 Å². The van der Waals surface area contributed by atoms with Crippen LogP contribution in [-0.4, -0.2) is 48.1 Å². The minimum Gasteiger partial charge on any atom is -0.366 e. The first kappa shape index (κ1) is 16.7. The second-order valence-electron chi connectivity index (χ2n) is 6.84. The molecule has 0 aliphatic carbocycles. The third-order valence-electron chi connectivity index (χ3n) is 4.39. The predicted molar refractivity (Wildman–Crippen MR) is 99.5 cm³/mol. The Morgan fingerprint density at radius 3 is 2.96 bits per heavy atom. The van der Waals surface area contributed by atoms with E-state index in [2.05, 4.69) is 51.4 Å². The van der Waals surface area contributed by atoms with Crippen LogP contribution in [0.15, 0.2) is 36.5 Å². The van der Waals surface area contributed by atoms with Gasteiger partial charge in [-0.05, 0) is 37.9 Å². The van der Waals surface area contributed by atoms with E-state index in [9.17, 15) is 0 Å². The van der Waals surface area contributed by atoms with Gasteiger partial charge in [-0.2, -0.15) is 4.98 Å². The Labute approximate surface area is 144 Å². The summed E-state index contributed by atoms with van der Waals surface area (Å²) in [4.78, 5) is 13.3. The number of aryl methyl sites for hydroxylation is 1. The number of piperidine rings is 1. The standard InChI is InChI=1S/C19H27N5/c1-15-6-4-7-16(12-15)13-24-11-5-8-17(14-24)21-18-9-10-20-19(22-18)23(2)3/h4,6-7,9-10,12,17H,5,8,11,13-14H2,1-3H3,(H,20,21,22). The zero-order valence-electron chi connectivity index (χ0n) is 14.9. The molecule has 1 saturated heterocycles. The smallest absolute Gasteiger partial charge is 0.226 e. The minimum absolute atomic E-state index is 0.438. The normalized spacial score (nSPS) is 18.4. The van der Waals surface area contributed by atoms with Crippen LogP contribution in [0.4, 0.5) is 11.8 Å². The van der Waals surface area contributed by atoms with Crippen molar-refractivity contribution < 1.29 is 0 Å². The van der Waals surface area contributed by atoms with Crippen molar-refractivity contribution in [3.63, 3.8) is 0 Å². The highest BCUT2D eigenvalue weighted by Crippen LogP contribution is 2.18. The highest BCUT2D eigenvalue weighted by atomic mass is 15.2. The second-order valence-corrected chi connectivity index (χ2v) is 6.84. The van der Waals surface area contributed by atoms with Gasteiger partial charge in [-0.15, -0.1) is 0 Å². The Bertz CT molecular complexity index is 670. The van der Waals surface area contributed by atoms with Gasteiger partial charge in [-0.3, -0.25) is 4.90 Å². The van der Waals surface area contributed by atoms with E-state index >= 15 is 0 Å². The lowest BCUT2D eigenvalue weighted by Crippen LogP contribution is -2.41. The minimum atomic E-state index is 0.438. The van der Waals surface area contributed by atoms with Gasteiger partial charge in [0.15, 0.2) is 0 Å². The SMILES string of the molecule is Cc1cccc(CN2CCCC(Nc3ccnc(N(C)C)n3)C2)c1. The largest absolute Gasteiger partial charge is 0.366 e. The van der Waals surface area contributed by atoms with Gasteiger partial charge < -0.3 is 10.2 Å². The summed E-state index contributed by atoms with van der Waals surface area (Å²) in [5, 5.41) is 3.58. The maximum Gasteiger partial charge on any atom is 0.226 e. The number of rotatable bonds is 5. The fourth-order valence-corrected chi connectivity index (χ4v) is 3.24. The summed E-state index contributed by atoms with van der Waals surface area (Å²) in [7, 11) is 3.92. The van der Waals surface area contributed by atoms with Crippen molar-refractivity contribution >= 4 is 11.8 Å². The van der Waals surface area contributed by atoms with Crippen LogP contribution in [0.25, 0.3) is 0 Å². The third kappa shape index (κ3) is 4.45. The molecule has 1 atom stereocenters. The van der Waals surface area contributed by atoms with Gasteiger partial charge in [-0.25, -0.2) is 4.98 Å². The number of benzene rings is 1. The monoisotopic (exact) mass is 325 g/mol. The molecule has 1 aromatic carbocycles. The van der Waals surface area contributed by atoms with E-state index in [4.69, 9.17) is 0 Å². The molecule has 1 aliphatic rings. The van der Waals surface area contributed by atoms with E-state index in [0.717, 1.165) is 24.9 Å². The summed E-state index contributed by atoms with van der Waals surface area (Å²) < 4.78 is 0. The summed E-state index contributed by atoms with van der Waals surface area (Å²) in [6.07, 6.45) is 4.22. The first-order valence-corrected chi connectivity index (χ1v) is 8.65. The second kappa shape index (κ2) is 7.62. The summed E-state index contributed by atoms with van der Waals surface area (Å²) in [6.45, 7) is 5.39. The molecule has 0 saturated carbocycles. The van der Waals surface area contributed by atoms with E-state index in [-0.39, 0.29) is 0 Å². The molecule has 0 amide bonds. The molecule has 1 fully saturated rings.